The van der Waals surface area contributed by atoms with Gasteiger partial charge in [-0.15, -0.1) is 11.3 Å². The molecular formula is C23H16ClN5S. The molecule has 146 valence electrons. The molecular weight excluding hydrogens is 414 g/mol. The van der Waals surface area contributed by atoms with Gasteiger partial charge >= 0.3 is 0 Å². The van der Waals surface area contributed by atoms with Gasteiger partial charge in [0.1, 0.15) is 5.82 Å². The van der Waals surface area contributed by atoms with Crippen molar-refractivity contribution >= 4 is 55.6 Å². The zero-order chi connectivity index (χ0) is 20.1. The summed E-state index contributed by atoms with van der Waals surface area (Å²) in [4.78, 5) is 18.3. The van der Waals surface area contributed by atoms with Gasteiger partial charge < -0.3 is 5.32 Å². The average Bonchev–Trinajstić information content (AvgIpc) is 3.53. The van der Waals surface area contributed by atoms with Gasteiger partial charge in [-0.05, 0) is 55.3 Å². The van der Waals surface area contributed by atoms with Gasteiger partial charge in [-0.1, -0.05) is 11.6 Å². The maximum Gasteiger partial charge on any atom is 0.140 e. The SMILES string of the molecule is Clc1cnccc1-c1cc2ncccc2c(Nc2ccc3nc(C4CC4)sc3c2)n1. The van der Waals surface area contributed by atoms with Crippen LogP contribution in [0.25, 0.3) is 32.4 Å². The Kier molecular flexibility index (Phi) is 4.14. The summed E-state index contributed by atoms with van der Waals surface area (Å²) in [5.41, 5.74) is 4.47. The molecule has 5 aromatic rings. The number of nitrogens with one attached hydrogen (secondary N) is 1. The van der Waals surface area contributed by atoms with Gasteiger partial charge in [-0.2, -0.15) is 0 Å². The summed E-state index contributed by atoms with van der Waals surface area (Å²) in [6.45, 7) is 0. The van der Waals surface area contributed by atoms with Crippen LogP contribution in [0.1, 0.15) is 23.8 Å². The van der Waals surface area contributed by atoms with E-state index in [1.54, 1.807) is 29.9 Å². The van der Waals surface area contributed by atoms with Crippen LogP contribution in [-0.2, 0) is 0 Å². The third kappa shape index (κ3) is 3.18. The molecule has 1 saturated carbocycles. The third-order valence-electron chi connectivity index (χ3n) is 5.24. The van der Waals surface area contributed by atoms with E-state index in [0.29, 0.717) is 10.9 Å². The van der Waals surface area contributed by atoms with Crippen LogP contribution < -0.4 is 5.32 Å². The van der Waals surface area contributed by atoms with Crippen molar-refractivity contribution in [2.45, 2.75) is 18.8 Å². The smallest absolute Gasteiger partial charge is 0.140 e. The number of anilines is 2. The van der Waals surface area contributed by atoms with E-state index in [0.717, 1.165) is 39.2 Å². The molecule has 1 fully saturated rings. The highest BCUT2D eigenvalue weighted by Crippen LogP contribution is 2.43. The zero-order valence-electron chi connectivity index (χ0n) is 15.8. The number of halogens is 1. The summed E-state index contributed by atoms with van der Waals surface area (Å²) in [7, 11) is 0. The normalized spacial score (nSPS) is 13.8. The zero-order valence-corrected chi connectivity index (χ0v) is 17.4. The van der Waals surface area contributed by atoms with Crippen LogP contribution in [0.5, 0.6) is 0 Å². The second-order valence-corrected chi connectivity index (χ2v) is 8.89. The number of hydrogen-bond acceptors (Lipinski definition) is 6. The fourth-order valence-corrected chi connectivity index (χ4v) is 4.95. The highest BCUT2D eigenvalue weighted by Gasteiger charge is 2.27. The van der Waals surface area contributed by atoms with Crippen molar-refractivity contribution in [1.29, 1.82) is 0 Å². The minimum atomic E-state index is 0.560. The van der Waals surface area contributed by atoms with Crippen LogP contribution in [0.15, 0.2) is 61.1 Å². The molecule has 7 heteroatoms. The third-order valence-corrected chi connectivity index (χ3v) is 6.72. The van der Waals surface area contributed by atoms with Crippen molar-refractivity contribution in [1.82, 2.24) is 19.9 Å². The predicted octanol–water partition coefficient (Wildman–Crippen LogP) is 6.58. The van der Waals surface area contributed by atoms with Crippen LogP contribution in [0, 0.1) is 0 Å². The molecule has 1 aliphatic rings. The monoisotopic (exact) mass is 429 g/mol. The lowest BCUT2D eigenvalue weighted by atomic mass is 10.1. The van der Waals surface area contributed by atoms with E-state index in [1.807, 2.05) is 24.3 Å². The minimum absolute atomic E-state index is 0.560. The summed E-state index contributed by atoms with van der Waals surface area (Å²) in [6.07, 6.45) is 7.65. The number of rotatable bonds is 4. The first-order valence-electron chi connectivity index (χ1n) is 9.78. The molecule has 0 amide bonds. The standard InChI is InChI=1S/C23H16ClN5S/c24-17-12-25-9-7-15(17)20-11-19-16(2-1-8-26-19)22(28-20)27-14-5-6-18-21(10-14)30-23(29-18)13-3-4-13/h1-2,5-13H,3-4H2,(H,27,28). The van der Waals surface area contributed by atoms with Crippen LogP contribution >= 0.6 is 22.9 Å². The molecule has 0 spiro atoms. The molecule has 4 heterocycles. The molecule has 0 unspecified atom stereocenters. The quantitative estimate of drug-likeness (QED) is 0.349. The fraction of sp³-hybridized carbons (Fsp3) is 0.130. The molecule has 1 N–H and O–H groups in total. The number of pyridine rings is 3. The molecule has 1 aliphatic carbocycles. The van der Waals surface area contributed by atoms with Crippen LogP contribution in [-0.4, -0.2) is 19.9 Å². The van der Waals surface area contributed by atoms with Gasteiger partial charge in [-0.25, -0.2) is 9.97 Å². The van der Waals surface area contributed by atoms with E-state index in [-0.39, 0.29) is 0 Å². The Morgan fingerprint density at radius 2 is 1.93 bits per heavy atom. The van der Waals surface area contributed by atoms with Crippen LogP contribution in [0.3, 0.4) is 0 Å². The first kappa shape index (κ1) is 17.7. The molecule has 0 radical (unpaired) electrons. The molecule has 0 bridgehead atoms. The minimum Gasteiger partial charge on any atom is -0.340 e. The molecule has 1 aromatic carbocycles. The number of aromatic nitrogens is 4. The maximum absolute atomic E-state index is 6.37. The molecule has 4 aromatic heterocycles. The van der Waals surface area contributed by atoms with Crippen molar-refractivity contribution in [3.63, 3.8) is 0 Å². The van der Waals surface area contributed by atoms with E-state index in [1.165, 1.54) is 22.5 Å². The van der Waals surface area contributed by atoms with E-state index in [4.69, 9.17) is 21.6 Å². The van der Waals surface area contributed by atoms with Crippen molar-refractivity contribution in [2.75, 3.05) is 5.32 Å². The Hall–Kier alpha value is -3.09. The number of benzene rings is 1. The predicted molar refractivity (Wildman–Crippen MR) is 123 cm³/mol. The van der Waals surface area contributed by atoms with E-state index in [2.05, 4.69) is 33.5 Å². The van der Waals surface area contributed by atoms with Gasteiger partial charge in [0.05, 0.1) is 31.5 Å². The Labute approximate surface area is 181 Å². The number of fused-ring (bicyclic) bond motifs is 2. The number of nitrogens with zero attached hydrogens (tertiary/aromatic N) is 4. The Bertz CT molecular complexity index is 1410. The fourth-order valence-electron chi connectivity index (χ4n) is 3.55. The van der Waals surface area contributed by atoms with Crippen LogP contribution in [0.2, 0.25) is 5.02 Å². The average molecular weight is 430 g/mol. The van der Waals surface area contributed by atoms with Gasteiger partial charge in [0, 0.05) is 41.1 Å². The first-order valence-corrected chi connectivity index (χ1v) is 11.0. The van der Waals surface area contributed by atoms with Gasteiger partial charge in [0.15, 0.2) is 0 Å². The highest BCUT2D eigenvalue weighted by atomic mass is 35.5. The summed E-state index contributed by atoms with van der Waals surface area (Å²) in [5.74, 6) is 1.41. The lowest BCUT2D eigenvalue weighted by Gasteiger charge is -2.12. The number of hydrogen-bond donors (Lipinski definition) is 1. The summed E-state index contributed by atoms with van der Waals surface area (Å²) < 4.78 is 1.19. The first-order chi connectivity index (χ1) is 14.7. The summed E-state index contributed by atoms with van der Waals surface area (Å²) >= 11 is 8.16. The van der Waals surface area contributed by atoms with E-state index < -0.39 is 0 Å². The summed E-state index contributed by atoms with van der Waals surface area (Å²) in [6, 6.07) is 14.0. The van der Waals surface area contributed by atoms with Crippen molar-refractivity contribution in [3.05, 3.63) is 71.1 Å². The van der Waals surface area contributed by atoms with Crippen molar-refractivity contribution in [3.8, 4) is 11.3 Å². The molecule has 6 rings (SSSR count). The van der Waals surface area contributed by atoms with Crippen LogP contribution in [0.4, 0.5) is 11.5 Å². The van der Waals surface area contributed by atoms with E-state index >= 15 is 0 Å². The summed E-state index contributed by atoms with van der Waals surface area (Å²) in [5, 5.41) is 6.26. The van der Waals surface area contributed by atoms with Gasteiger partial charge in [0.2, 0.25) is 0 Å². The van der Waals surface area contributed by atoms with Gasteiger partial charge in [-0.3, -0.25) is 9.97 Å². The van der Waals surface area contributed by atoms with E-state index in [9.17, 15) is 0 Å². The highest BCUT2D eigenvalue weighted by molar-refractivity contribution is 7.18. The topological polar surface area (TPSA) is 63.6 Å². The maximum atomic E-state index is 6.37. The second-order valence-electron chi connectivity index (χ2n) is 7.42. The Morgan fingerprint density at radius 1 is 1.00 bits per heavy atom. The Balaban J connectivity index is 1.45. The van der Waals surface area contributed by atoms with Crippen molar-refractivity contribution < 1.29 is 0 Å². The lowest BCUT2D eigenvalue weighted by Crippen LogP contribution is -1.98. The lowest BCUT2D eigenvalue weighted by molar-refractivity contribution is 1.10. The molecule has 0 aliphatic heterocycles. The van der Waals surface area contributed by atoms with Crippen molar-refractivity contribution in [2.24, 2.45) is 0 Å². The molecule has 30 heavy (non-hydrogen) atoms. The van der Waals surface area contributed by atoms with Gasteiger partial charge in [0.25, 0.3) is 0 Å². The molecule has 0 atom stereocenters. The largest absolute Gasteiger partial charge is 0.340 e. The molecule has 0 saturated heterocycles. The molecule has 5 nitrogen and oxygen atoms in total. The Morgan fingerprint density at radius 3 is 2.80 bits per heavy atom. The second kappa shape index (κ2) is 7.00. The number of thiazole rings is 1.